The van der Waals surface area contributed by atoms with Crippen LogP contribution in [0.2, 0.25) is 0 Å². The van der Waals surface area contributed by atoms with Crippen molar-refractivity contribution in [2.75, 3.05) is 11.9 Å². The minimum atomic E-state index is 0.204. The van der Waals surface area contributed by atoms with Crippen LogP contribution in [0.15, 0.2) is 18.3 Å². The second-order valence-corrected chi connectivity index (χ2v) is 4.76. The van der Waals surface area contributed by atoms with Gasteiger partial charge in [0.25, 0.3) is 0 Å². The molecule has 1 aromatic rings. The maximum Gasteiger partial charge on any atom is 0.126 e. The Morgan fingerprint density at radius 1 is 1.50 bits per heavy atom. The Morgan fingerprint density at radius 2 is 2.38 bits per heavy atom. The normalized spacial score (nSPS) is 36.6. The zero-order valence-corrected chi connectivity index (χ0v) is 9.39. The van der Waals surface area contributed by atoms with Crippen molar-refractivity contribution in [3.8, 4) is 0 Å². The third-order valence-corrected chi connectivity index (χ3v) is 3.67. The van der Waals surface area contributed by atoms with Crippen LogP contribution < -0.4 is 11.1 Å². The van der Waals surface area contributed by atoms with Gasteiger partial charge in [0.2, 0.25) is 0 Å². The van der Waals surface area contributed by atoms with E-state index in [-0.39, 0.29) is 18.2 Å². The Morgan fingerprint density at radius 3 is 3.12 bits per heavy atom. The van der Waals surface area contributed by atoms with Gasteiger partial charge in [-0.15, -0.1) is 0 Å². The molecule has 1 aliphatic heterocycles. The third-order valence-electron chi connectivity index (χ3n) is 3.67. The molecule has 0 bridgehead atoms. The molecule has 1 saturated heterocycles. The Labute approximate surface area is 95.2 Å². The summed E-state index contributed by atoms with van der Waals surface area (Å²) in [5.41, 5.74) is 7.28. The zero-order chi connectivity index (χ0) is 11.1. The highest BCUT2D eigenvalue weighted by Gasteiger charge is 2.52. The van der Waals surface area contributed by atoms with Crippen LogP contribution in [0, 0.1) is 12.8 Å². The molecule has 3 rings (SSSR count). The van der Waals surface area contributed by atoms with Crippen LogP contribution in [0.3, 0.4) is 0 Å². The summed E-state index contributed by atoms with van der Waals surface area (Å²) in [5.74, 6) is 1.43. The number of aromatic nitrogens is 1. The standard InChI is InChI=1S/C12H17N3O/c1-7-2-3-9(14-6-7)15-11-10(13)8-4-5-16-12(8)11/h2-3,6,8,10-12H,4-5,13H2,1H3,(H,14,15). The average Bonchev–Trinajstić information content (AvgIpc) is 2.73. The van der Waals surface area contributed by atoms with Gasteiger partial charge in [-0.2, -0.15) is 0 Å². The number of aryl methyl sites for hydroxylation is 1. The van der Waals surface area contributed by atoms with E-state index in [2.05, 4.69) is 10.3 Å². The molecule has 0 radical (unpaired) electrons. The highest BCUT2D eigenvalue weighted by Crippen LogP contribution is 2.39. The van der Waals surface area contributed by atoms with Gasteiger partial charge in [-0.1, -0.05) is 6.07 Å². The molecule has 16 heavy (non-hydrogen) atoms. The molecule has 4 atom stereocenters. The lowest BCUT2D eigenvalue weighted by molar-refractivity contribution is 0.00524. The fourth-order valence-corrected chi connectivity index (χ4v) is 2.65. The van der Waals surface area contributed by atoms with E-state index < -0.39 is 0 Å². The fraction of sp³-hybridized carbons (Fsp3) is 0.583. The summed E-state index contributed by atoms with van der Waals surface area (Å²) in [7, 11) is 0. The summed E-state index contributed by atoms with van der Waals surface area (Å²) in [4.78, 5) is 4.33. The topological polar surface area (TPSA) is 60.2 Å². The molecular formula is C12H17N3O. The number of pyridine rings is 1. The van der Waals surface area contributed by atoms with Crippen molar-refractivity contribution in [1.82, 2.24) is 4.98 Å². The molecule has 4 heteroatoms. The van der Waals surface area contributed by atoms with Crippen LogP contribution in [0.4, 0.5) is 5.82 Å². The maximum absolute atomic E-state index is 6.12. The van der Waals surface area contributed by atoms with Crippen LogP contribution in [0.25, 0.3) is 0 Å². The van der Waals surface area contributed by atoms with Gasteiger partial charge in [0, 0.05) is 24.8 Å². The SMILES string of the molecule is Cc1ccc(NC2C(N)C3CCOC32)nc1. The molecule has 2 aliphatic rings. The summed E-state index contributed by atoms with van der Waals surface area (Å²) < 4.78 is 5.66. The molecular weight excluding hydrogens is 202 g/mol. The average molecular weight is 219 g/mol. The summed E-state index contributed by atoms with van der Waals surface area (Å²) in [6.45, 7) is 2.88. The van der Waals surface area contributed by atoms with Crippen molar-refractivity contribution in [2.24, 2.45) is 11.7 Å². The van der Waals surface area contributed by atoms with Crippen molar-refractivity contribution in [2.45, 2.75) is 31.5 Å². The van der Waals surface area contributed by atoms with Crippen LogP contribution >= 0.6 is 0 Å². The number of nitrogens with one attached hydrogen (secondary N) is 1. The number of hydrogen-bond donors (Lipinski definition) is 2. The first kappa shape index (κ1) is 10.1. The molecule has 4 unspecified atom stereocenters. The summed E-state index contributed by atoms with van der Waals surface area (Å²) in [6.07, 6.45) is 3.25. The monoisotopic (exact) mass is 219 g/mol. The second-order valence-electron chi connectivity index (χ2n) is 4.76. The first-order chi connectivity index (χ1) is 7.75. The van der Waals surface area contributed by atoms with Crippen molar-refractivity contribution in [1.29, 1.82) is 0 Å². The number of rotatable bonds is 2. The predicted octanol–water partition coefficient (Wildman–Crippen LogP) is 0.917. The van der Waals surface area contributed by atoms with Crippen LogP contribution in [0.5, 0.6) is 0 Å². The lowest BCUT2D eigenvalue weighted by Crippen LogP contribution is -2.65. The molecule has 86 valence electrons. The highest BCUT2D eigenvalue weighted by molar-refractivity contribution is 5.39. The minimum absolute atomic E-state index is 0.204. The minimum Gasteiger partial charge on any atom is -0.376 e. The van der Waals surface area contributed by atoms with Crippen LogP contribution in [-0.4, -0.2) is 29.8 Å². The van der Waals surface area contributed by atoms with E-state index in [1.54, 1.807) is 0 Å². The molecule has 4 nitrogen and oxygen atoms in total. The summed E-state index contributed by atoms with van der Waals surface area (Å²) in [5, 5.41) is 3.37. The smallest absolute Gasteiger partial charge is 0.126 e. The number of nitrogens with zero attached hydrogens (tertiary/aromatic N) is 1. The molecule has 2 fully saturated rings. The van der Waals surface area contributed by atoms with E-state index in [9.17, 15) is 0 Å². The van der Waals surface area contributed by atoms with Crippen LogP contribution in [-0.2, 0) is 4.74 Å². The van der Waals surface area contributed by atoms with E-state index in [0.29, 0.717) is 5.92 Å². The van der Waals surface area contributed by atoms with E-state index in [0.717, 1.165) is 18.8 Å². The van der Waals surface area contributed by atoms with Crippen molar-refractivity contribution in [3.05, 3.63) is 23.9 Å². The molecule has 0 aromatic carbocycles. The van der Waals surface area contributed by atoms with Gasteiger partial charge in [0.1, 0.15) is 5.82 Å². The van der Waals surface area contributed by atoms with Gasteiger partial charge in [-0.3, -0.25) is 0 Å². The number of ether oxygens (including phenoxy) is 1. The summed E-state index contributed by atoms with van der Waals surface area (Å²) in [6, 6.07) is 4.47. The van der Waals surface area contributed by atoms with E-state index in [1.165, 1.54) is 5.56 Å². The molecule has 1 saturated carbocycles. The highest BCUT2D eigenvalue weighted by atomic mass is 16.5. The van der Waals surface area contributed by atoms with Gasteiger partial charge >= 0.3 is 0 Å². The van der Waals surface area contributed by atoms with Gasteiger partial charge < -0.3 is 15.8 Å². The first-order valence-corrected chi connectivity index (χ1v) is 5.82. The van der Waals surface area contributed by atoms with Gasteiger partial charge in [-0.05, 0) is 25.0 Å². The molecule has 1 aromatic heterocycles. The van der Waals surface area contributed by atoms with Gasteiger partial charge in [0.05, 0.1) is 12.1 Å². The lowest BCUT2D eigenvalue weighted by atomic mass is 9.72. The Balaban J connectivity index is 1.69. The van der Waals surface area contributed by atoms with Gasteiger partial charge in [0.15, 0.2) is 0 Å². The predicted molar refractivity (Wildman–Crippen MR) is 62.2 cm³/mol. The van der Waals surface area contributed by atoms with E-state index >= 15 is 0 Å². The Kier molecular flexibility index (Phi) is 2.33. The number of nitrogens with two attached hydrogens (primary N) is 1. The van der Waals surface area contributed by atoms with Gasteiger partial charge in [-0.25, -0.2) is 4.98 Å². The van der Waals surface area contributed by atoms with Crippen molar-refractivity contribution >= 4 is 5.82 Å². The van der Waals surface area contributed by atoms with Crippen molar-refractivity contribution < 1.29 is 4.74 Å². The van der Waals surface area contributed by atoms with Crippen LogP contribution in [0.1, 0.15) is 12.0 Å². The number of fused-ring (bicyclic) bond motifs is 1. The third kappa shape index (κ3) is 1.49. The Hall–Kier alpha value is -1.13. The largest absolute Gasteiger partial charge is 0.376 e. The molecule has 0 spiro atoms. The molecule has 3 N–H and O–H groups in total. The molecule has 1 aliphatic carbocycles. The summed E-state index contributed by atoms with van der Waals surface area (Å²) >= 11 is 0. The maximum atomic E-state index is 6.12. The van der Waals surface area contributed by atoms with E-state index in [4.69, 9.17) is 10.5 Å². The number of anilines is 1. The Bertz CT molecular complexity index is 378. The molecule has 0 amide bonds. The zero-order valence-electron chi connectivity index (χ0n) is 9.39. The van der Waals surface area contributed by atoms with Crippen molar-refractivity contribution in [3.63, 3.8) is 0 Å². The number of hydrogen-bond acceptors (Lipinski definition) is 4. The fourth-order valence-electron chi connectivity index (χ4n) is 2.65. The quantitative estimate of drug-likeness (QED) is 0.776. The lowest BCUT2D eigenvalue weighted by Gasteiger charge is -2.45. The molecule has 2 heterocycles. The van der Waals surface area contributed by atoms with E-state index in [1.807, 2.05) is 25.3 Å². The second kappa shape index (κ2) is 3.71. The first-order valence-electron chi connectivity index (χ1n) is 5.82.